The fourth-order valence-electron chi connectivity index (χ4n) is 2.11. The lowest BCUT2D eigenvalue weighted by molar-refractivity contribution is 0.0437. The van der Waals surface area contributed by atoms with E-state index in [1.54, 1.807) is 13.8 Å². The fraction of sp³-hybridized carbons (Fsp3) is 0.571. The molecule has 0 radical (unpaired) electrons. The first-order valence-corrected chi connectivity index (χ1v) is 8.58. The van der Waals surface area contributed by atoms with Gasteiger partial charge in [0.15, 0.2) is 0 Å². The predicted molar refractivity (Wildman–Crippen MR) is 85.9 cm³/mol. The topological polar surface area (TPSA) is 92.4 Å². The van der Waals surface area contributed by atoms with Crippen LogP contribution in [0.5, 0.6) is 0 Å². The third-order valence-corrected chi connectivity index (χ3v) is 4.93. The van der Waals surface area contributed by atoms with Gasteiger partial charge in [0.05, 0.1) is 10.5 Å². The third kappa shape index (κ3) is 5.14. The van der Waals surface area contributed by atoms with Crippen molar-refractivity contribution in [2.24, 2.45) is 5.92 Å². The van der Waals surface area contributed by atoms with Crippen molar-refractivity contribution in [2.45, 2.75) is 44.6 Å². The van der Waals surface area contributed by atoms with Crippen LogP contribution in [0.15, 0.2) is 17.0 Å². The van der Waals surface area contributed by atoms with Crippen LogP contribution in [0, 0.1) is 12.8 Å². The number of sulfonamides is 1. The fourth-order valence-corrected chi connectivity index (χ4v) is 3.63. The van der Waals surface area contributed by atoms with Gasteiger partial charge in [0, 0.05) is 17.3 Å². The van der Waals surface area contributed by atoms with Gasteiger partial charge in [0.2, 0.25) is 10.0 Å². The molecule has 1 aromatic carbocycles. The van der Waals surface area contributed by atoms with E-state index in [1.807, 2.05) is 13.8 Å². The number of hydrogen-bond acceptors (Lipinski definition) is 4. The maximum atomic E-state index is 12.2. The lowest BCUT2D eigenvalue weighted by atomic mass is 9.95. The Hall–Kier alpha value is -0.820. The maximum absolute atomic E-state index is 12.2. The molecule has 0 aliphatic rings. The molecule has 1 rings (SSSR count). The molecule has 0 saturated carbocycles. The molecule has 0 spiro atoms. The van der Waals surface area contributed by atoms with Crippen molar-refractivity contribution >= 4 is 27.3 Å². The van der Waals surface area contributed by atoms with Crippen LogP contribution in [0.2, 0.25) is 5.02 Å². The minimum atomic E-state index is -3.77. The molecule has 7 heteroatoms. The SMILES string of the molecule is Cc1c(N)cc(S(=O)(=O)NCC(C)(O)CC(C)C)cc1Cl. The number of nitrogen functional groups attached to an aromatic ring is 1. The lowest BCUT2D eigenvalue weighted by Gasteiger charge is -2.25. The molecule has 120 valence electrons. The smallest absolute Gasteiger partial charge is 0.240 e. The van der Waals surface area contributed by atoms with Crippen LogP contribution in [0.4, 0.5) is 5.69 Å². The molecule has 4 N–H and O–H groups in total. The number of aliphatic hydroxyl groups is 1. The summed E-state index contributed by atoms with van der Waals surface area (Å²) in [6.45, 7) is 7.17. The molecule has 0 amide bonds. The summed E-state index contributed by atoms with van der Waals surface area (Å²) in [5, 5.41) is 10.5. The number of nitrogens with one attached hydrogen (secondary N) is 1. The van der Waals surface area contributed by atoms with E-state index in [9.17, 15) is 13.5 Å². The largest absolute Gasteiger partial charge is 0.398 e. The molecule has 0 aliphatic heterocycles. The first-order valence-electron chi connectivity index (χ1n) is 6.72. The van der Waals surface area contributed by atoms with Gasteiger partial charge in [-0.3, -0.25) is 0 Å². The van der Waals surface area contributed by atoms with E-state index in [2.05, 4.69) is 4.72 Å². The Morgan fingerprint density at radius 3 is 2.48 bits per heavy atom. The Bertz CT molecular complexity index is 590. The lowest BCUT2D eigenvalue weighted by Crippen LogP contribution is -2.41. The maximum Gasteiger partial charge on any atom is 0.240 e. The van der Waals surface area contributed by atoms with Crippen LogP contribution < -0.4 is 10.5 Å². The van der Waals surface area contributed by atoms with Gasteiger partial charge in [0.1, 0.15) is 0 Å². The van der Waals surface area contributed by atoms with Crippen molar-refractivity contribution < 1.29 is 13.5 Å². The molecule has 21 heavy (non-hydrogen) atoms. The van der Waals surface area contributed by atoms with Crippen LogP contribution in [0.3, 0.4) is 0 Å². The average molecular weight is 335 g/mol. The predicted octanol–water partition coefficient (Wildman–Crippen LogP) is 2.31. The molecule has 0 saturated heterocycles. The number of benzene rings is 1. The first-order chi connectivity index (χ1) is 9.44. The molecule has 0 aromatic heterocycles. The Labute approximate surface area is 131 Å². The summed E-state index contributed by atoms with van der Waals surface area (Å²) in [5.74, 6) is 0.258. The second-order valence-electron chi connectivity index (χ2n) is 6.04. The van der Waals surface area contributed by atoms with Crippen LogP contribution in [0.25, 0.3) is 0 Å². The number of rotatable bonds is 6. The van der Waals surface area contributed by atoms with E-state index in [0.29, 0.717) is 22.7 Å². The molecule has 1 aromatic rings. The van der Waals surface area contributed by atoms with Crippen LogP contribution in [-0.4, -0.2) is 25.7 Å². The summed E-state index contributed by atoms with van der Waals surface area (Å²) >= 11 is 5.96. The highest BCUT2D eigenvalue weighted by Crippen LogP contribution is 2.26. The summed E-state index contributed by atoms with van der Waals surface area (Å²) in [5.41, 5.74) is 5.59. The standard InChI is InChI=1S/C14H23ClN2O3S/c1-9(2)7-14(4,18)8-17-21(19,20)11-5-12(15)10(3)13(16)6-11/h5-6,9,17-18H,7-8,16H2,1-4H3. The molecule has 1 atom stereocenters. The Kier molecular flexibility index (Phi) is 5.66. The average Bonchev–Trinajstić information content (AvgIpc) is 2.31. The van der Waals surface area contributed by atoms with Gasteiger partial charge in [-0.1, -0.05) is 25.4 Å². The molecule has 1 unspecified atom stereocenters. The summed E-state index contributed by atoms with van der Waals surface area (Å²) < 4.78 is 26.9. The molecule has 0 bridgehead atoms. The van der Waals surface area contributed by atoms with Crippen molar-refractivity contribution in [2.75, 3.05) is 12.3 Å². The Morgan fingerprint density at radius 2 is 2.00 bits per heavy atom. The van der Waals surface area contributed by atoms with Gasteiger partial charge in [0.25, 0.3) is 0 Å². The zero-order valence-corrected chi connectivity index (χ0v) is 14.3. The number of hydrogen-bond donors (Lipinski definition) is 3. The third-order valence-electron chi connectivity index (χ3n) is 3.16. The Balaban J connectivity index is 2.93. The van der Waals surface area contributed by atoms with E-state index in [-0.39, 0.29) is 17.4 Å². The van der Waals surface area contributed by atoms with E-state index in [1.165, 1.54) is 12.1 Å². The van der Waals surface area contributed by atoms with Crippen LogP contribution >= 0.6 is 11.6 Å². The molecule has 5 nitrogen and oxygen atoms in total. The summed E-state index contributed by atoms with van der Waals surface area (Å²) in [6, 6.07) is 2.72. The van der Waals surface area contributed by atoms with E-state index < -0.39 is 15.6 Å². The summed E-state index contributed by atoms with van der Waals surface area (Å²) in [4.78, 5) is -0.00375. The van der Waals surface area contributed by atoms with Gasteiger partial charge in [-0.25, -0.2) is 13.1 Å². The minimum absolute atomic E-state index is 0.00375. The zero-order chi connectivity index (χ0) is 16.4. The minimum Gasteiger partial charge on any atom is -0.398 e. The van der Waals surface area contributed by atoms with Gasteiger partial charge >= 0.3 is 0 Å². The van der Waals surface area contributed by atoms with Crippen molar-refractivity contribution in [3.05, 3.63) is 22.7 Å². The van der Waals surface area contributed by atoms with Gasteiger partial charge in [-0.2, -0.15) is 0 Å². The molecule has 0 fully saturated rings. The zero-order valence-electron chi connectivity index (χ0n) is 12.8. The van der Waals surface area contributed by atoms with Crippen LogP contribution in [-0.2, 0) is 10.0 Å². The normalized spacial score (nSPS) is 15.2. The van der Waals surface area contributed by atoms with Gasteiger partial charge < -0.3 is 10.8 Å². The van der Waals surface area contributed by atoms with E-state index in [0.717, 1.165) is 0 Å². The van der Waals surface area contributed by atoms with E-state index >= 15 is 0 Å². The van der Waals surface area contributed by atoms with E-state index in [4.69, 9.17) is 17.3 Å². The highest BCUT2D eigenvalue weighted by atomic mass is 35.5. The van der Waals surface area contributed by atoms with Crippen LogP contribution in [0.1, 0.15) is 32.8 Å². The highest BCUT2D eigenvalue weighted by molar-refractivity contribution is 7.89. The van der Waals surface area contributed by atoms with Crippen molar-refractivity contribution in [3.63, 3.8) is 0 Å². The number of anilines is 1. The first kappa shape index (κ1) is 18.2. The molecule has 0 heterocycles. The molecule has 0 aliphatic carbocycles. The van der Waals surface area contributed by atoms with Crippen molar-refractivity contribution in [1.82, 2.24) is 4.72 Å². The van der Waals surface area contributed by atoms with Gasteiger partial charge in [-0.15, -0.1) is 0 Å². The number of halogens is 1. The monoisotopic (exact) mass is 334 g/mol. The molecular formula is C14H23ClN2O3S. The quantitative estimate of drug-likeness (QED) is 0.696. The van der Waals surface area contributed by atoms with Crippen molar-refractivity contribution in [1.29, 1.82) is 0 Å². The highest BCUT2D eigenvalue weighted by Gasteiger charge is 2.25. The Morgan fingerprint density at radius 1 is 1.43 bits per heavy atom. The molecular weight excluding hydrogens is 312 g/mol. The van der Waals surface area contributed by atoms with Crippen molar-refractivity contribution in [3.8, 4) is 0 Å². The number of nitrogens with two attached hydrogens (primary N) is 1. The second-order valence-corrected chi connectivity index (χ2v) is 8.21. The second kappa shape index (κ2) is 6.52. The van der Waals surface area contributed by atoms with Gasteiger partial charge in [-0.05, 0) is 43.9 Å². The summed E-state index contributed by atoms with van der Waals surface area (Å²) in [7, 11) is -3.77. The summed E-state index contributed by atoms with van der Waals surface area (Å²) in [6.07, 6.45) is 0.492.